The summed E-state index contributed by atoms with van der Waals surface area (Å²) in [7, 11) is 0. The molecule has 2 aromatic heterocycles. The fraction of sp³-hybridized carbons (Fsp3) is 0.348. The van der Waals surface area contributed by atoms with E-state index in [9.17, 15) is 0 Å². The van der Waals surface area contributed by atoms with E-state index in [0.29, 0.717) is 12.0 Å². The highest BCUT2D eigenvalue weighted by Gasteiger charge is 2.17. The molecule has 4 rings (SSSR count). The van der Waals surface area contributed by atoms with Crippen LogP contribution in [0.4, 0.5) is 17.5 Å². The normalized spacial score (nSPS) is 14.2. The van der Waals surface area contributed by atoms with E-state index in [1.54, 1.807) is 12.4 Å². The van der Waals surface area contributed by atoms with E-state index in [1.807, 2.05) is 18.2 Å². The summed E-state index contributed by atoms with van der Waals surface area (Å²) in [5.41, 5.74) is 5.57. The predicted molar refractivity (Wildman–Crippen MR) is 115 cm³/mol. The molecule has 28 heavy (non-hydrogen) atoms. The number of aromatic nitrogens is 3. The van der Waals surface area contributed by atoms with Crippen LogP contribution >= 0.6 is 0 Å². The van der Waals surface area contributed by atoms with Gasteiger partial charge in [0, 0.05) is 35.8 Å². The summed E-state index contributed by atoms with van der Waals surface area (Å²) in [5.74, 6) is 1.50. The van der Waals surface area contributed by atoms with Crippen LogP contribution in [0.25, 0.3) is 11.3 Å². The van der Waals surface area contributed by atoms with Crippen LogP contribution in [-0.2, 0) is 6.42 Å². The lowest BCUT2D eigenvalue weighted by atomic mass is 10.1. The second-order valence-electron chi connectivity index (χ2n) is 7.41. The molecule has 5 nitrogen and oxygen atoms in total. The average molecular weight is 374 g/mol. The van der Waals surface area contributed by atoms with E-state index in [4.69, 9.17) is 9.97 Å². The van der Waals surface area contributed by atoms with Crippen molar-refractivity contribution in [2.45, 2.75) is 52.0 Å². The van der Waals surface area contributed by atoms with Crippen LogP contribution in [0.1, 0.15) is 43.7 Å². The number of nitrogens with one attached hydrogen (secondary N) is 2. The molecule has 1 saturated carbocycles. The summed E-state index contributed by atoms with van der Waals surface area (Å²) in [6, 6.07) is 12.8. The van der Waals surface area contributed by atoms with Gasteiger partial charge in [0.05, 0.1) is 5.69 Å². The summed E-state index contributed by atoms with van der Waals surface area (Å²) in [5, 5.41) is 7.10. The number of pyridine rings is 1. The molecular weight excluding hydrogens is 346 g/mol. The van der Waals surface area contributed by atoms with Gasteiger partial charge in [0.2, 0.25) is 5.95 Å². The number of benzene rings is 1. The number of anilines is 3. The molecule has 0 unspecified atom stereocenters. The van der Waals surface area contributed by atoms with E-state index < -0.39 is 0 Å². The zero-order valence-electron chi connectivity index (χ0n) is 16.6. The van der Waals surface area contributed by atoms with Gasteiger partial charge < -0.3 is 10.6 Å². The zero-order valence-corrected chi connectivity index (χ0v) is 16.6. The number of aryl methyl sites for hydroxylation is 2. The Morgan fingerprint density at radius 2 is 1.82 bits per heavy atom. The monoisotopic (exact) mass is 373 g/mol. The van der Waals surface area contributed by atoms with Gasteiger partial charge in [-0.25, -0.2) is 4.98 Å². The van der Waals surface area contributed by atoms with Gasteiger partial charge in [-0.05, 0) is 49.4 Å². The largest absolute Gasteiger partial charge is 0.351 e. The van der Waals surface area contributed by atoms with Gasteiger partial charge in [-0.2, -0.15) is 4.98 Å². The van der Waals surface area contributed by atoms with Crippen LogP contribution < -0.4 is 10.6 Å². The third-order valence-electron chi connectivity index (χ3n) is 5.38. The molecule has 2 heterocycles. The van der Waals surface area contributed by atoms with Gasteiger partial charge >= 0.3 is 0 Å². The van der Waals surface area contributed by atoms with Crippen molar-refractivity contribution in [3.05, 3.63) is 59.9 Å². The lowest BCUT2D eigenvalue weighted by Crippen LogP contribution is -2.17. The topological polar surface area (TPSA) is 62.7 Å². The SMILES string of the molecule is CCc1cccc(C)c1Nc1cc(-c2ccncc2)nc(NC2CCCC2)n1. The maximum atomic E-state index is 4.79. The number of nitrogens with zero attached hydrogens (tertiary/aromatic N) is 3. The van der Waals surface area contributed by atoms with E-state index in [0.717, 1.165) is 29.2 Å². The summed E-state index contributed by atoms with van der Waals surface area (Å²) in [6.45, 7) is 4.31. The van der Waals surface area contributed by atoms with E-state index in [-0.39, 0.29) is 0 Å². The van der Waals surface area contributed by atoms with Crippen molar-refractivity contribution in [1.29, 1.82) is 0 Å². The van der Waals surface area contributed by atoms with E-state index in [1.165, 1.54) is 36.8 Å². The Kier molecular flexibility index (Phi) is 5.51. The van der Waals surface area contributed by atoms with Crippen molar-refractivity contribution in [1.82, 2.24) is 15.0 Å². The third-order valence-corrected chi connectivity index (χ3v) is 5.38. The molecule has 0 aliphatic heterocycles. The quantitative estimate of drug-likeness (QED) is 0.597. The second kappa shape index (κ2) is 8.38. The highest BCUT2D eigenvalue weighted by molar-refractivity contribution is 5.70. The fourth-order valence-corrected chi connectivity index (χ4v) is 3.83. The Balaban J connectivity index is 1.71. The minimum Gasteiger partial charge on any atom is -0.351 e. The number of rotatable bonds is 6. The summed E-state index contributed by atoms with van der Waals surface area (Å²) in [4.78, 5) is 13.7. The Labute approximate surface area is 166 Å². The maximum Gasteiger partial charge on any atom is 0.225 e. The molecule has 0 radical (unpaired) electrons. The molecule has 0 amide bonds. The van der Waals surface area contributed by atoms with Crippen molar-refractivity contribution < 1.29 is 0 Å². The first-order valence-corrected chi connectivity index (χ1v) is 10.1. The van der Waals surface area contributed by atoms with Gasteiger partial charge in [-0.15, -0.1) is 0 Å². The van der Waals surface area contributed by atoms with E-state index in [2.05, 4.69) is 47.7 Å². The van der Waals surface area contributed by atoms with Crippen molar-refractivity contribution in [2.24, 2.45) is 0 Å². The Hall–Kier alpha value is -2.95. The second-order valence-corrected chi connectivity index (χ2v) is 7.41. The molecule has 1 fully saturated rings. The lowest BCUT2D eigenvalue weighted by Gasteiger charge is -2.17. The van der Waals surface area contributed by atoms with Crippen molar-refractivity contribution >= 4 is 17.5 Å². The van der Waals surface area contributed by atoms with Gasteiger partial charge in [0.25, 0.3) is 0 Å². The molecule has 0 atom stereocenters. The number of hydrogen-bond acceptors (Lipinski definition) is 5. The Morgan fingerprint density at radius 3 is 2.57 bits per heavy atom. The first-order valence-electron chi connectivity index (χ1n) is 10.1. The van der Waals surface area contributed by atoms with Gasteiger partial charge in [-0.3, -0.25) is 4.98 Å². The average Bonchev–Trinajstić information content (AvgIpc) is 3.23. The molecule has 1 aliphatic carbocycles. The van der Waals surface area contributed by atoms with Crippen LogP contribution in [0, 0.1) is 6.92 Å². The highest BCUT2D eigenvalue weighted by Crippen LogP contribution is 2.28. The minimum atomic E-state index is 0.463. The van der Waals surface area contributed by atoms with Crippen molar-refractivity contribution in [2.75, 3.05) is 10.6 Å². The summed E-state index contributed by atoms with van der Waals surface area (Å²) >= 11 is 0. The molecule has 0 spiro atoms. The molecular formula is C23H27N5. The van der Waals surface area contributed by atoms with Crippen LogP contribution in [0.5, 0.6) is 0 Å². The standard InChI is InChI=1S/C23H27N5/c1-3-17-8-6-7-16(2)22(17)27-21-15-20(18-11-13-24-14-12-18)26-23(28-21)25-19-9-4-5-10-19/h6-8,11-15,19H,3-5,9-10H2,1-2H3,(H2,25,26,27,28). The molecule has 3 aromatic rings. The zero-order chi connectivity index (χ0) is 19.3. The predicted octanol–water partition coefficient (Wildman–Crippen LogP) is 5.51. The third kappa shape index (κ3) is 4.14. The van der Waals surface area contributed by atoms with Gasteiger partial charge in [-0.1, -0.05) is 38.0 Å². The van der Waals surface area contributed by atoms with Crippen LogP contribution in [0.15, 0.2) is 48.8 Å². The molecule has 1 aromatic carbocycles. The summed E-state index contributed by atoms with van der Waals surface area (Å²) in [6.07, 6.45) is 9.48. The fourth-order valence-electron chi connectivity index (χ4n) is 3.83. The van der Waals surface area contributed by atoms with Crippen molar-refractivity contribution in [3.8, 4) is 11.3 Å². The smallest absolute Gasteiger partial charge is 0.225 e. The molecule has 0 saturated heterocycles. The minimum absolute atomic E-state index is 0.463. The molecule has 0 bridgehead atoms. The van der Waals surface area contributed by atoms with Gasteiger partial charge in [0.1, 0.15) is 5.82 Å². The van der Waals surface area contributed by atoms with Gasteiger partial charge in [0.15, 0.2) is 0 Å². The Morgan fingerprint density at radius 1 is 1.04 bits per heavy atom. The van der Waals surface area contributed by atoms with Crippen LogP contribution in [-0.4, -0.2) is 21.0 Å². The van der Waals surface area contributed by atoms with Crippen LogP contribution in [0.3, 0.4) is 0 Å². The Bertz CT molecular complexity index is 933. The maximum absolute atomic E-state index is 4.79. The lowest BCUT2D eigenvalue weighted by molar-refractivity contribution is 0.744. The number of para-hydroxylation sites is 1. The first kappa shape index (κ1) is 18.4. The molecule has 5 heteroatoms. The molecule has 1 aliphatic rings. The summed E-state index contributed by atoms with van der Waals surface area (Å²) < 4.78 is 0. The van der Waals surface area contributed by atoms with E-state index >= 15 is 0 Å². The molecule has 144 valence electrons. The van der Waals surface area contributed by atoms with Crippen molar-refractivity contribution in [3.63, 3.8) is 0 Å². The van der Waals surface area contributed by atoms with Crippen LogP contribution in [0.2, 0.25) is 0 Å². The number of hydrogen-bond donors (Lipinski definition) is 2. The highest BCUT2D eigenvalue weighted by atomic mass is 15.2. The first-order chi connectivity index (χ1) is 13.7. The molecule has 2 N–H and O–H groups in total.